The molecule has 0 bridgehead atoms. The number of rotatable bonds is 7. The van der Waals surface area contributed by atoms with Gasteiger partial charge in [-0.25, -0.2) is 19.7 Å². The van der Waals surface area contributed by atoms with Crippen molar-refractivity contribution in [1.82, 2.24) is 29.7 Å². The lowest BCUT2D eigenvalue weighted by molar-refractivity contribution is -0.111. The number of fused-ring (bicyclic) bond motifs is 1. The standard InChI is InChI=1S/C18H25N7O6/c1-24(2)6-4-5-11(26)23-15-12-16(21-8-20-15)25(9-22-12)17-14(28)13(27)10(31-17)7-19-18(29)30-3/h4-5,8-10,13-14,17,27-28H,6-7H2,1-3H3,(H,19,29)(H,20,21,23,26)/b5-4+/t10-,13-,14-,17-/m1/s1. The van der Waals surface area contributed by atoms with Gasteiger partial charge in [0.1, 0.15) is 24.6 Å². The van der Waals surface area contributed by atoms with Crippen LogP contribution in [0.2, 0.25) is 0 Å². The molecule has 1 fully saturated rings. The zero-order valence-corrected chi connectivity index (χ0v) is 17.3. The van der Waals surface area contributed by atoms with E-state index in [9.17, 15) is 19.8 Å². The molecule has 168 valence electrons. The summed E-state index contributed by atoms with van der Waals surface area (Å²) in [5, 5.41) is 25.8. The molecule has 3 heterocycles. The number of carbonyl (C=O) groups excluding carboxylic acids is 2. The number of likely N-dealkylation sites (N-methyl/N-ethyl adjacent to an activating group) is 1. The van der Waals surface area contributed by atoms with Crippen LogP contribution in [0.4, 0.5) is 10.6 Å². The molecule has 0 aromatic carbocycles. The fraction of sp³-hybridized carbons (Fsp3) is 0.500. The zero-order chi connectivity index (χ0) is 22.5. The maximum absolute atomic E-state index is 12.1. The summed E-state index contributed by atoms with van der Waals surface area (Å²) in [5.74, 6) is -0.182. The molecule has 0 saturated carbocycles. The highest BCUT2D eigenvalue weighted by Crippen LogP contribution is 2.32. The highest BCUT2D eigenvalue weighted by atomic mass is 16.6. The van der Waals surface area contributed by atoms with Gasteiger partial charge in [-0.3, -0.25) is 9.36 Å². The van der Waals surface area contributed by atoms with Crippen molar-refractivity contribution in [3.8, 4) is 0 Å². The van der Waals surface area contributed by atoms with Gasteiger partial charge in [-0.2, -0.15) is 0 Å². The first-order chi connectivity index (χ1) is 14.8. The molecule has 1 saturated heterocycles. The lowest BCUT2D eigenvalue weighted by Gasteiger charge is -2.16. The topological polar surface area (TPSA) is 164 Å². The van der Waals surface area contributed by atoms with Crippen LogP contribution in [0.3, 0.4) is 0 Å². The number of amides is 2. The van der Waals surface area contributed by atoms with Gasteiger partial charge in [-0.1, -0.05) is 6.08 Å². The van der Waals surface area contributed by atoms with E-state index in [1.807, 2.05) is 19.0 Å². The Morgan fingerprint density at radius 3 is 2.77 bits per heavy atom. The molecular formula is C18H25N7O6. The third-order valence-corrected chi connectivity index (χ3v) is 4.58. The molecule has 0 unspecified atom stereocenters. The maximum Gasteiger partial charge on any atom is 0.406 e. The summed E-state index contributed by atoms with van der Waals surface area (Å²) in [5.41, 5.74) is 0.582. The van der Waals surface area contributed by atoms with Crippen LogP contribution in [0.1, 0.15) is 6.23 Å². The number of hydrogen-bond acceptors (Lipinski definition) is 10. The predicted molar refractivity (Wildman–Crippen MR) is 108 cm³/mol. The van der Waals surface area contributed by atoms with E-state index in [2.05, 4.69) is 30.3 Å². The van der Waals surface area contributed by atoms with E-state index >= 15 is 0 Å². The number of aliphatic hydroxyl groups is 2. The average Bonchev–Trinajstić information content (AvgIpc) is 3.28. The number of anilines is 1. The molecule has 13 nitrogen and oxygen atoms in total. The second-order valence-corrected chi connectivity index (χ2v) is 7.12. The van der Waals surface area contributed by atoms with E-state index in [1.54, 1.807) is 6.08 Å². The smallest absolute Gasteiger partial charge is 0.406 e. The monoisotopic (exact) mass is 435 g/mol. The van der Waals surface area contributed by atoms with Crippen LogP contribution in [-0.2, 0) is 14.3 Å². The van der Waals surface area contributed by atoms with Gasteiger partial charge >= 0.3 is 6.09 Å². The van der Waals surface area contributed by atoms with E-state index in [0.717, 1.165) is 0 Å². The lowest BCUT2D eigenvalue weighted by Crippen LogP contribution is -2.39. The summed E-state index contributed by atoms with van der Waals surface area (Å²) >= 11 is 0. The van der Waals surface area contributed by atoms with Crippen LogP contribution >= 0.6 is 0 Å². The normalized spacial score (nSPS) is 23.5. The summed E-state index contributed by atoms with van der Waals surface area (Å²) in [4.78, 5) is 37.7. The summed E-state index contributed by atoms with van der Waals surface area (Å²) < 4.78 is 11.6. The van der Waals surface area contributed by atoms with E-state index in [-0.39, 0.29) is 18.3 Å². The largest absolute Gasteiger partial charge is 0.453 e. The first-order valence-corrected chi connectivity index (χ1v) is 9.45. The van der Waals surface area contributed by atoms with E-state index in [1.165, 1.54) is 30.4 Å². The van der Waals surface area contributed by atoms with Gasteiger partial charge in [0, 0.05) is 19.2 Å². The second kappa shape index (κ2) is 9.78. The summed E-state index contributed by atoms with van der Waals surface area (Å²) in [6.07, 6.45) is 0.577. The Kier molecular flexibility index (Phi) is 7.12. The Morgan fingerprint density at radius 2 is 2.06 bits per heavy atom. The molecule has 31 heavy (non-hydrogen) atoms. The molecule has 2 amide bonds. The maximum atomic E-state index is 12.1. The van der Waals surface area contributed by atoms with E-state index < -0.39 is 30.6 Å². The predicted octanol–water partition coefficient (Wildman–Crippen LogP) is -1.14. The molecule has 3 rings (SSSR count). The molecule has 1 aliphatic heterocycles. The number of methoxy groups -OCH3 is 1. The first kappa shape index (κ1) is 22.6. The van der Waals surface area contributed by atoms with Crippen LogP contribution in [0.15, 0.2) is 24.8 Å². The van der Waals surface area contributed by atoms with Gasteiger partial charge in [-0.15, -0.1) is 0 Å². The van der Waals surface area contributed by atoms with Crippen LogP contribution in [-0.4, -0.2) is 99.2 Å². The number of alkyl carbamates (subject to hydrolysis) is 1. The third kappa shape index (κ3) is 5.14. The zero-order valence-electron chi connectivity index (χ0n) is 17.3. The van der Waals surface area contributed by atoms with Crippen LogP contribution in [0.25, 0.3) is 11.2 Å². The Morgan fingerprint density at radius 1 is 1.29 bits per heavy atom. The van der Waals surface area contributed by atoms with Crippen LogP contribution in [0.5, 0.6) is 0 Å². The Labute approximate surface area is 177 Å². The number of ether oxygens (including phenoxy) is 2. The Bertz CT molecular complexity index is 962. The summed E-state index contributed by atoms with van der Waals surface area (Å²) in [6.45, 7) is 0.538. The van der Waals surface area contributed by atoms with Crippen molar-refractivity contribution in [2.24, 2.45) is 0 Å². The van der Waals surface area contributed by atoms with Gasteiger partial charge in [0.2, 0.25) is 5.91 Å². The van der Waals surface area contributed by atoms with Crippen molar-refractivity contribution in [2.45, 2.75) is 24.5 Å². The highest BCUT2D eigenvalue weighted by Gasteiger charge is 2.44. The van der Waals surface area contributed by atoms with E-state index in [4.69, 9.17) is 4.74 Å². The number of carbonyl (C=O) groups is 2. The highest BCUT2D eigenvalue weighted by molar-refractivity contribution is 6.02. The van der Waals surface area contributed by atoms with Crippen molar-refractivity contribution in [2.75, 3.05) is 39.6 Å². The molecule has 1 aliphatic rings. The summed E-state index contributed by atoms with van der Waals surface area (Å²) in [6, 6.07) is 0. The number of hydrogen-bond donors (Lipinski definition) is 4. The van der Waals surface area contributed by atoms with Gasteiger partial charge in [-0.05, 0) is 14.1 Å². The quantitative estimate of drug-likeness (QED) is 0.391. The SMILES string of the molecule is COC(=O)NC[C@H]1O[C@@H](n2cnc3c(NC(=O)/C=C/CN(C)C)ncnc32)[C@H](O)[C@@H]1O. The second-order valence-electron chi connectivity index (χ2n) is 7.12. The number of nitrogens with one attached hydrogen (secondary N) is 2. The van der Waals surface area contributed by atoms with Gasteiger partial charge < -0.3 is 35.2 Å². The number of nitrogens with zero attached hydrogens (tertiary/aromatic N) is 5. The number of aliphatic hydroxyl groups excluding tert-OH is 2. The fourth-order valence-electron chi connectivity index (χ4n) is 3.04. The first-order valence-electron chi connectivity index (χ1n) is 9.45. The van der Waals surface area contributed by atoms with Crippen molar-refractivity contribution in [3.63, 3.8) is 0 Å². The Hall–Kier alpha value is -3.13. The van der Waals surface area contributed by atoms with Gasteiger partial charge in [0.15, 0.2) is 23.2 Å². The molecular weight excluding hydrogens is 410 g/mol. The van der Waals surface area contributed by atoms with Crippen molar-refractivity contribution < 1.29 is 29.3 Å². The van der Waals surface area contributed by atoms with Crippen molar-refractivity contribution >= 4 is 29.0 Å². The fourth-order valence-corrected chi connectivity index (χ4v) is 3.04. The van der Waals surface area contributed by atoms with Crippen LogP contribution < -0.4 is 10.6 Å². The van der Waals surface area contributed by atoms with Gasteiger partial charge in [0.05, 0.1) is 13.4 Å². The minimum Gasteiger partial charge on any atom is -0.453 e. The molecule has 13 heteroatoms. The molecule has 4 atom stereocenters. The minimum absolute atomic E-state index is 0.0659. The number of aromatic nitrogens is 4. The molecule has 0 spiro atoms. The molecule has 2 aromatic heterocycles. The molecule has 4 N–H and O–H groups in total. The number of imidazole rings is 1. The third-order valence-electron chi connectivity index (χ3n) is 4.58. The van der Waals surface area contributed by atoms with Crippen LogP contribution in [0, 0.1) is 0 Å². The average molecular weight is 435 g/mol. The molecule has 2 aromatic rings. The molecule has 0 aliphatic carbocycles. The molecule has 0 radical (unpaired) electrons. The van der Waals surface area contributed by atoms with Crippen molar-refractivity contribution in [3.05, 3.63) is 24.8 Å². The summed E-state index contributed by atoms with van der Waals surface area (Å²) in [7, 11) is 4.98. The minimum atomic E-state index is -1.30. The van der Waals surface area contributed by atoms with Crippen molar-refractivity contribution in [1.29, 1.82) is 0 Å². The lowest BCUT2D eigenvalue weighted by atomic mass is 10.1. The Balaban J connectivity index is 1.77. The van der Waals surface area contributed by atoms with E-state index in [0.29, 0.717) is 17.7 Å². The van der Waals surface area contributed by atoms with Gasteiger partial charge in [0.25, 0.3) is 0 Å².